The minimum Gasteiger partial charge on any atom is -0.381 e. The van der Waals surface area contributed by atoms with E-state index in [4.69, 9.17) is 14.8 Å². The van der Waals surface area contributed by atoms with Crippen LogP contribution < -0.4 is 10.6 Å². The van der Waals surface area contributed by atoms with E-state index in [-0.39, 0.29) is 62.0 Å². The van der Waals surface area contributed by atoms with Gasteiger partial charge in [-0.2, -0.15) is 18.3 Å². The lowest BCUT2D eigenvalue weighted by molar-refractivity contribution is -0.183. The Balaban J connectivity index is 1.35. The number of nitrogens with zero attached hydrogens (tertiary/aromatic N) is 7. The molecule has 250 valence electrons. The first-order valence-electron chi connectivity index (χ1n) is 15.7. The zero-order valence-corrected chi connectivity index (χ0v) is 25.3. The second-order valence-electron chi connectivity index (χ2n) is 12.4. The first kappa shape index (κ1) is 32.2. The molecule has 46 heavy (non-hydrogen) atoms. The van der Waals surface area contributed by atoms with Crippen LogP contribution >= 0.6 is 0 Å². The van der Waals surface area contributed by atoms with E-state index in [1.54, 1.807) is 10.8 Å². The molecule has 3 aromatic heterocycles. The summed E-state index contributed by atoms with van der Waals surface area (Å²) < 4.78 is 77.4. The van der Waals surface area contributed by atoms with E-state index in [1.807, 2.05) is 6.92 Å². The topological polar surface area (TPSA) is 141 Å². The van der Waals surface area contributed by atoms with E-state index in [0.29, 0.717) is 49.7 Å². The smallest absolute Gasteiger partial charge is 0.381 e. The van der Waals surface area contributed by atoms with Crippen molar-refractivity contribution >= 4 is 17.6 Å². The van der Waals surface area contributed by atoms with Crippen molar-refractivity contribution in [1.29, 1.82) is 0 Å². The highest BCUT2D eigenvalue weighted by molar-refractivity contribution is 5.90. The minimum absolute atomic E-state index is 0.0495. The van der Waals surface area contributed by atoms with Gasteiger partial charge in [-0.25, -0.2) is 23.3 Å². The number of halogens is 5. The summed E-state index contributed by atoms with van der Waals surface area (Å²) >= 11 is 0. The maximum Gasteiger partial charge on any atom is 0.393 e. The molecule has 1 saturated carbocycles. The molecule has 0 spiro atoms. The number of aromatic nitrogens is 7. The lowest BCUT2D eigenvalue weighted by Gasteiger charge is -2.33. The number of alkyl halides is 5. The molecular weight excluding hydrogens is 617 g/mol. The van der Waals surface area contributed by atoms with Crippen molar-refractivity contribution in [3.63, 3.8) is 0 Å². The highest BCUT2D eigenvalue weighted by Crippen LogP contribution is 2.42. The summed E-state index contributed by atoms with van der Waals surface area (Å²) in [6, 6.07) is -0.777. The molecule has 2 N–H and O–H groups in total. The summed E-state index contributed by atoms with van der Waals surface area (Å²) in [4.78, 5) is 35.5. The van der Waals surface area contributed by atoms with Gasteiger partial charge in [-0.3, -0.25) is 9.59 Å². The fourth-order valence-corrected chi connectivity index (χ4v) is 6.73. The van der Waals surface area contributed by atoms with E-state index < -0.39 is 48.3 Å². The molecular formula is C29H36F5N9O3. The Hall–Kier alpha value is -3.76. The van der Waals surface area contributed by atoms with Gasteiger partial charge < -0.3 is 19.9 Å². The standard InChI is InChI=1S/C29H36F5N9O3/c1-2-42-15-36-40-24(42)26(45)38-23(16-3-7-28(30,31)8-4-16)21-14-43-27(37-21)39-22(17-5-9-46-10-6-17)20(41-43)12-18-11-19(29(32,33)34)13-35-25(18)44/h14-19,23H,2-13H2,1H3,(H,35,44)(H,38,45). The summed E-state index contributed by atoms with van der Waals surface area (Å²) in [5.74, 6) is -6.63. The van der Waals surface area contributed by atoms with Crippen LogP contribution in [0.15, 0.2) is 12.5 Å². The summed E-state index contributed by atoms with van der Waals surface area (Å²) in [6.07, 6.45) is -1.04. The van der Waals surface area contributed by atoms with E-state index in [0.717, 1.165) is 0 Å². The second kappa shape index (κ2) is 12.8. The summed E-state index contributed by atoms with van der Waals surface area (Å²) in [5.41, 5.74) is 1.29. The molecule has 3 unspecified atom stereocenters. The predicted molar refractivity (Wildman–Crippen MR) is 151 cm³/mol. The van der Waals surface area contributed by atoms with Crippen LogP contribution in [0.25, 0.3) is 5.78 Å². The average Bonchev–Trinajstić information content (AvgIpc) is 3.67. The van der Waals surface area contributed by atoms with Crippen molar-refractivity contribution in [3.8, 4) is 0 Å². The number of carbonyl (C=O) groups is 2. The number of piperidine rings is 1. The molecule has 2 aliphatic heterocycles. The molecule has 17 heteroatoms. The van der Waals surface area contributed by atoms with Gasteiger partial charge >= 0.3 is 6.18 Å². The Morgan fingerprint density at radius 3 is 2.61 bits per heavy atom. The van der Waals surface area contributed by atoms with E-state index in [2.05, 4.69) is 25.8 Å². The van der Waals surface area contributed by atoms with Gasteiger partial charge in [0.1, 0.15) is 6.33 Å². The molecule has 3 aliphatic rings. The van der Waals surface area contributed by atoms with Gasteiger partial charge in [0, 0.05) is 57.4 Å². The number of fused-ring (bicyclic) bond motifs is 1. The fraction of sp³-hybridized carbons (Fsp3) is 0.690. The van der Waals surface area contributed by atoms with Crippen LogP contribution in [0.3, 0.4) is 0 Å². The van der Waals surface area contributed by atoms with Crippen LogP contribution in [0.4, 0.5) is 22.0 Å². The zero-order valence-electron chi connectivity index (χ0n) is 25.3. The molecule has 3 atom stereocenters. The Bertz CT molecular complexity index is 1560. The van der Waals surface area contributed by atoms with E-state index in [1.165, 1.54) is 10.8 Å². The van der Waals surface area contributed by atoms with Gasteiger partial charge in [0.15, 0.2) is 0 Å². The molecule has 2 amide bonds. The SMILES string of the molecule is CCn1cnnc1C(=O)NC(c1cn2nc(CC3CC(C(F)(F)F)CNC3=O)c(C3CCOCC3)nc2n1)C1CCC(F)(F)CC1. The van der Waals surface area contributed by atoms with Gasteiger partial charge in [-0.15, -0.1) is 10.2 Å². The summed E-state index contributed by atoms with van der Waals surface area (Å²) in [5, 5.41) is 17.8. The van der Waals surface area contributed by atoms with Crippen LogP contribution in [0, 0.1) is 17.8 Å². The van der Waals surface area contributed by atoms with Crippen molar-refractivity contribution in [1.82, 2.24) is 45.0 Å². The Morgan fingerprint density at radius 2 is 1.91 bits per heavy atom. The number of amides is 2. The highest BCUT2D eigenvalue weighted by Gasteiger charge is 2.45. The van der Waals surface area contributed by atoms with Gasteiger partial charge in [0.25, 0.3) is 11.7 Å². The molecule has 3 aromatic rings. The Morgan fingerprint density at radius 1 is 1.17 bits per heavy atom. The van der Waals surface area contributed by atoms with Crippen molar-refractivity contribution in [3.05, 3.63) is 35.4 Å². The fourth-order valence-electron chi connectivity index (χ4n) is 6.73. The quantitative estimate of drug-likeness (QED) is 0.350. The maximum atomic E-state index is 14.1. The molecule has 12 nitrogen and oxygen atoms in total. The zero-order chi connectivity index (χ0) is 32.6. The maximum absolute atomic E-state index is 14.1. The Labute approximate surface area is 260 Å². The van der Waals surface area contributed by atoms with E-state index in [9.17, 15) is 31.5 Å². The minimum atomic E-state index is -4.45. The number of imidazole rings is 1. The lowest BCUT2D eigenvalue weighted by Crippen LogP contribution is -2.47. The molecule has 0 aromatic carbocycles. The number of nitrogens with one attached hydrogen (secondary N) is 2. The van der Waals surface area contributed by atoms with Crippen molar-refractivity contribution in [2.24, 2.45) is 17.8 Å². The largest absolute Gasteiger partial charge is 0.393 e. The van der Waals surface area contributed by atoms with Crippen LogP contribution in [0.2, 0.25) is 0 Å². The van der Waals surface area contributed by atoms with Gasteiger partial charge in [0.2, 0.25) is 17.7 Å². The molecule has 1 aliphatic carbocycles. The summed E-state index contributed by atoms with van der Waals surface area (Å²) in [7, 11) is 0. The highest BCUT2D eigenvalue weighted by atomic mass is 19.4. The molecule has 2 saturated heterocycles. The van der Waals surface area contributed by atoms with E-state index >= 15 is 0 Å². The first-order valence-corrected chi connectivity index (χ1v) is 15.7. The number of hydrogen-bond donors (Lipinski definition) is 2. The number of rotatable bonds is 8. The molecule has 3 fully saturated rings. The Kier molecular flexibility index (Phi) is 8.95. The summed E-state index contributed by atoms with van der Waals surface area (Å²) in [6.45, 7) is 2.75. The van der Waals surface area contributed by atoms with Gasteiger partial charge in [0.05, 0.1) is 35.2 Å². The third-order valence-corrected chi connectivity index (χ3v) is 9.40. The van der Waals surface area contributed by atoms with Crippen LogP contribution in [0.5, 0.6) is 0 Å². The molecule has 5 heterocycles. The van der Waals surface area contributed by atoms with Crippen molar-refractivity contribution < 1.29 is 36.3 Å². The molecule has 0 radical (unpaired) electrons. The molecule has 0 bridgehead atoms. The normalized spacial score (nSPS) is 23.7. The number of carbonyl (C=O) groups excluding carboxylic acids is 2. The van der Waals surface area contributed by atoms with Crippen LogP contribution in [0.1, 0.15) is 91.5 Å². The van der Waals surface area contributed by atoms with Crippen molar-refractivity contribution in [2.75, 3.05) is 19.8 Å². The number of hydrogen-bond acceptors (Lipinski definition) is 8. The van der Waals surface area contributed by atoms with Crippen LogP contribution in [-0.2, 0) is 22.5 Å². The lowest BCUT2D eigenvalue weighted by atomic mass is 9.81. The first-order chi connectivity index (χ1) is 21.9. The van der Waals surface area contributed by atoms with Gasteiger partial charge in [-0.1, -0.05) is 0 Å². The average molecular weight is 654 g/mol. The number of ether oxygens (including phenoxy) is 1. The van der Waals surface area contributed by atoms with Crippen molar-refractivity contribution in [2.45, 2.75) is 88.9 Å². The second-order valence-corrected chi connectivity index (χ2v) is 12.4. The third kappa shape index (κ3) is 6.83. The number of aryl methyl sites for hydroxylation is 1. The van der Waals surface area contributed by atoms with Crippen LogP contribution in [-0.4, -0.2) is 78.0 Å². The molecule has 6 rings (SSSR count). The monoisotopic (exact) mass is 653 g/mol. The predicted octanol–water partition coefficient (Wildman–Crippen LogP) is 3.78. The van der Waals surface area contributed by atoms with Gasteiger partial charge in [-0.05, 0) is 44.9 Å². The third-order valence-electron chi connectivity index (χ3n) is 9.40.